The number of methoxy groups -OCH3 is 1. The number of nitrogens with one attached hydrogen (secondary N) is 1. The van der Waals surface area contributed by atoms with Gasteiger partial charge in [0.2, 0.25) is 0 Å². The van der Waals surface area contributed by atoms with Crippen molar-refractivity contribution in [2.45, 2.75) is 0 Å². The van der Waals surface area contributed by atoms with E-state index in [0.29, 0.717) is 5.56 Å². The van der Waals surface area contributed by atoms with Crippen LogP contribution in [-0.2, 0) is 0 Å². The maximum absolute atomic E-state index is 9.02. The van der Waals surface area contributed by atoms with Crippen LogP contribution < -0.4 is 4.74 Å². The van der Waals surface area contributed by atoms with Gasteiger partial charge >= 0.3 is 0 Å². The molecule has 0 aliphatic carbocycles. The van der Waals surface area contributed by atoms with Crippen LogP contribution in [0.2, 0.25) is 0 Å². The van der Waals surface area contributed by atoms with E-state index in [0.717, 1.165) is 28.1 Å². The molecule has 3 aromatic rings. The van der Waals surface area contributed by atoms with Crippen LogP contribution in [0.3, 0.4) is 0 Å². The number of H-pyrrole nitrogens is 1. The van der Waals surface area contributed by atoms with E-state index in [1.165, 1.54) is 0 Å². The van der Waals surface area contributed by atoms with Crippen LogP contribution in [0.15, 0.2) is 54.7 Å². The van der Waals surface area contributed by atoms with Gasteiger partial charge in [-0.2, -0.15) is 10.4 Å². The van der Waals surface area contributed by atoms with Crippen molar-refractivity contribution in [2.24, 2.45) is 0 Å². The Bertz CT molecular complexity index is 815. The normalized spacial score (nSPS) is 10.1. The van der Waals surface area contributed by atoms with Crippen LogP contribution >= 0.6 is 0 Å². The van der Waals surface area contributed by atoms with E-state index in [1.54, 1.807) is 13.2 Å². The maximum atomic E-state index is 9.02. The van der Waals surface area contributed by atoms with E-state index in [9.17, 15) is 0 Å². The van der Waals surface area contributed by atoms with Crippen LogP contribution in [0.5, 0.6) is 5.75 Å². The summed E-state index contributed by atoms with van der Waals surface area (Å²) in [5.74, 6) is 0.797. The van der Waals surface area contributed by atoms with Crippen molar-refractivity contribution < 1.29 is 4.74 Å². The first-order valence-electron chi connectivity index (χ1n) is 6.50. The van der Waals surface area contributed by atoms with E-state index >= 15 is 0 Å². The molecule has 4 heteroatoms. The molecule has 0 aliphatic rings. The van der Waals surface area contributed by atoms with Gasteiger partial charge in [0.1, 0.15) is 5.75 Å². The molecule has 0 atom stereocenters. The Labute approximate surface area is 122 Å². The lowest BCUT2D eigenvalue weighted by atomic mass is 10.0. The summed E-state index contributed by atoms with van der Waals surface area (Å²) in [7, 11) is 1.64. The highest BCUT2D eigenvalue weighted by molar-refractivity contribution is 5.81. The largest absolute Gasteiger partial charge is 0.497 e. The smallest absolute Gasteiger partial charge is 0.119 e. The third-order valence-electron chi connectivity index (χ3n) is 3.29. The zero-order chi connectivity index (χ0) is 14.7. The number of nitrogens with zero attached hydrogens (tertiary/aromatic N) is 2. The molecule has 0 saturated carbocycles. The van der Waals surface area contributed by atoms with Gasteiger partial charge in [-0.05, 0) is 29.8 Å². The second-order valence-corrected chi connectivity index (χ2v) is 4.57. The Morgan fingerprint density at radius 1 is 1.10 bits per heavy atom. The van der Waals surface area contributed by atoms with E-state index < -0.39 is 0 Å². The van der Waals surface area contributed by atoms with Gasteiger partial charge in [-0.15, -0.1) is 0 Å². The van der Waals surface area contributed by atoms with Gasteiger partial charge in [-0.3, -0.25) is 5.10 Å². The predicted molar refractivity (Wildman–Crippen MR) is 80.7 cm³/mol. The molecular weight excluding hydrogens is 262 g/mol. The molecule has 21 heavy (non-hydrogen) atoms. The molecule has 0 fully saturated rings. The molecule has 0 amide bonds. The van der Waals surface area contributed by atoms with Gasteiger partial charge in [0.15, 0.2) is 0 Å². The fraction of sp³-hybridized carbons (Fsp3) is 0.0588. The molecule has 0 unspecified atom stereocenters. The summed E-state index contributed by atoms with van der Waals surface area (Å²) in [6.07, 6.45) is 1.85. The second-order valence-electron chi connectivity index (χ2n) is 4.57. The summed E-state index contributed by atoms with van der Waals surface area (Å²) in [5.41, 5.74) is 4.34. The van der Waals surface area contributed by atoms with Crippen molar-refractivity contribution in [3.8, 4) is 34.2 Å². The Morgan fingerprint density at radius 3 is 2.71 bits per heavy atom. The second kappa shape index (κ2) is 5.51. The van der Waals surface area contributed by atoms with E-state index in [2.05, 4.69) is 16.3 Å². The standard InChI is InChI=1S/C17H13N3O/c1-21-15-7-3-5-13(9-15)16-11-19-20-17(16)14-6-2-4-12(8-14)10-18/h2-9,11H,1H3,(H,19,20). The monoisotopic (exact) mass is 275 g/mol. The van der Waals surface area contributed by atoms with E-state index in [-0.39, 0.29) is 0 Å². The molecule has 0 bridgehead atoms. The minimum absolute atomic E-state index is 0.618. The van der Waals surface area contributed by atoms with Gasteiger partial charge in [0, 0.05) is 17.3 Å². The summed E-state index contributed by atoms with van der Waals surface area (Å²) in [5, 5.41) is 16.2. The van der Waals surface area contributed by atoms with Crippen LogP contribution in [-0.4, -0.2) is 17.3 Å². The van der Waals surface area contributed by atoms with Gasteiger partial charge in [0.25, 0.3) is 0 Å². The average Bonchev–Trinajstić information content (AvgIpc) is 3.04. The van der Waals surface area contributed by atoms with Crippen molar-refractivity contribution in [1.29, 1.82) is 5.26 Å². The van der Waals surface area contributed by atoms with Gasteiger partial charge in [-0.1, -0.05) is 24.3 Å². The van der Waals surface area contributed by atoms with Crippen molar-refractivity contribution in [3.05, 3.63) is 60.3 Å². The van der Waals surface area contributed by atoms with Crippen LogP contribution in [0, 0.1) is 11.3 Å². The summed E-state index contributed by atoms with van der Waals surface area (Å²) in [6.45, 7) is 0. The SMILES string of the molecule is COc1cccc(-c2c[nH]nc2-c2cccc(C#N)c2)c1. The minimum atomic E-state index is 0.618. The number of aromatic amines is 1. The molecule has 0 spiro atoms. The first kappa shape index (κ1) is 12.9. The summed E-state index contributed by atoms with van der Waals surface area (Å²) in [6, 6.07) is 17.4. The number of nitriles is 1. The number of ether oxygens (including phenoxy) is 1. The van der Waals surface area contributed by atoms with Crippen LogP contribution in [0.1, 0.15) is 5.56 Å². The molecule has 0 saturated heterocycles. The van der Waals surface area contributed by atoms with E-state index in [4.69, 9.17) is 10.00 Å². The molecule has 1 heterocycles. The van der Waals surface area contributed by atoms with Crippen molar-refractivity contribution >= 4 is 0 Å². The topological polar surface area (TPSA) is 61.7 Å². The van der Waals surface area contributed by atoms with Gasteiger partial charge < -0.3 is 4.74 Å². The average molecular weight is 275 g/mol. The lowest BCUT2D eigenvalue weighted by Gasteiger charge is -2.05. The first-order valence-corrected chi connectivity index (χ1v) is 6.50. The van der Waals surface area contributed by atoms with Gasteiger partial charge in [-0.25, -0.2) is 0 Å². The number of aromatic nitrogens is 2. The first-order chi connectivity index (χ1) is 10.3. The lowest BCUT2D eigenvalue weighted by Crippen LogP contribution is -1.86. The summed E-state index contributed by atoms with van der Waals surface area (Å²) < 4.78 is 5.26. The quantitative estimate of drug-likeness (QED) is 0.794. The number of hydrogen-bond acceptors (Lipinski definition) is 3. The van der Waals surface area contributed by atoms with Crippen molar-refractivity contribution in [2.75, 3.05) is 7.11 Å². The molecule has 1 N–H and O–H groups in total. The number of benzene rings is 2. The Morgan fingerprint density at radius 2 is 1.90 bits per heavy atom. The fourth-order valence-electron chi connectivity index (χ4n) is 2.26. The summed E-state index contributed by atoms with van der Waals surface area (Å²) >= 11 is 0. The third kappa shape index (κ3) is 2.49. The fourth-order valence-corrected chi connectivity index (χ4v) is 2.26. The molecule has 2 aromatic carbocycles. The zero-order valence-corrected chi connectivity index (χ0v) is 11.5. The molecule has 102 valence electrons. The number of hydrogen-bond donors (Lipinski definition) is 1. The molecule has 3 rings (SSSR count). The van der Waals surface area contributed by atoms with Crippen LogP contribution in [0.4, 0.5) is 0 Å². The van der Waals surface area contributed by atoms with Crippen molar-refractivity contribution in [1.82, 2.24) is 10.2 Å². The van der Waals surface area contributed by atoms with E-state index in [1.807, 2.05) is 48.7 Å². The Balaban J connectivity index is 2.10. The maximum Gasteiger partial charge on any atom is 0.119 e. The number of rotatable bonds is 3. The predicted octanol–water partition coefficient (Wildman–Crippen LogP) is 3.62. The third-order valence-corrected chi connectivity index (χ3v) is 3.29. The molecular formula is C17H13N3O. The highest BCUT2D eigenvalue weighted by Crippen LogP contribution is 2.32. The molecule has 1 aromatic heterocycles. The highest BCUT2D eigenvalue weighted by Gasteiger charge is 2.11. The Kier molecular flexibility index (Phi) is 3.40. The minimum Gasteiger partial charge on any atom is -0.497 e. The highest BCUT2D eigenvalue weighted by atomic mass is 16.5. The lowest BCUT2D eigenvalue weighted by molar-refractivity contribution is 0.415. The van der Waals surface area contributed by atoms with Gasteiger partial charge in [0.05, 0.1) is 24.4 Å². The zero-order valence-electron chi connectivity index (χ0n) is 11.5. The summed E-state index contributed by atoms with van der Waals surface area (Å²) in [4.78, 5) is 0. The Hall–Kier alpha value is -3.06. The van der Waals surface area contributed by atoms with Crippen LogP contribution in [0.25, 0.3) is 22.4 Å². The molecule has 0 radical (unpaired) electrons. The molecule has 4 nitrogen and oxygen atoms in total. The molecule has 0 aliphatic heterocycles. The van der Waals surface area contributed by atoms with Crippen molar-refractivity contribution in [3.63, 3.8) is 0 Å².